The minimum absolute atomic E-state index is 0.0291. The van der Waals surface area contributed by atoms with Crippen LogP contribution >= 0.6 is 0 Å². The maximum absolute atomic E-state index is 12.0. The van der Waals surface area contributed by atoms with Gasteiger partial charge < -0.3 is 10.2 Å². The lowest BCUT2D eigenvalue weighted by atomic mass is 9.32. The van der Waals surface area contributed by atoms with Crippen LogP contribution in [0.5, 0.6) is 0 Å². The van der Waals surface area contributed by atoms with Crippen molar-refractivity contribution in [1.82, 2.24) is 0 Å². The first-order valence-corrected chi connectivity index (χ1v) is 13.7. The van der Waals surface area contributed by atoms with Crippen LogP contribution in [-0.2, 0) is 0 Å². The topological polar surface area (TPSA) is 40.5 Å². The minimum atomic E-state index is -0.201. The summed E-state index contributed by atoms with van der Waals surface area (Å²) in [5.74, 6) is 2.66. The highest BCUT2D eigenvalue weighted by molar-refractivity contribution is 5.22. The summed E-state index contributed by atoms with van der Waals surface area (Å²) in [6, 6.07) is 0. The van der Waals surface area contributed by atoms with Gasteiger partial charge in [-0.3, -0.25) is 0 Å². The van der Waals surface area contributed by atoms with Gasteiger partial charge in [-0.2, -0.15) is 0 Å². The Hall–Kier alpha value is -0.340. The van der Waals surface area contributed by atoms with Crippen LogP contribution in [0.25, 0.3) is 0 Å². The van der Waals surface area contributed by atoms with Gasteiger partial charge >= 0.3 is 0 Å². The van der Waals surface area contributed by atoms with Crippen molar-refractivity contribution in [2.24, 2.45) is 56.7 Å². The Morgan fingerprint density at radius 3 is 2.09 bits per heavy atom. The molecule has 0 unspecified atom stereocenters. The number of fused-ring (bicyclic) bond motifs is 7. The average molecular weight is 443 g/mol. The van der Waals surface area contributed by atoms with Crippen molar-refractivity contribution in [3.8, 4) is 0 Å². The van der Waals surface area contributed by atoms with Gasteiger partial charge in [0, 0.05) is 0 Å². The molecule has 5 fully saturated rings. The monoisotopic (exact) mass is 442 g/mol. The maximum atomic E-state index is 12.0. The zero-order chi connectivity index (χ0) is 23.5. The lowest BCUT2D eigenvalue weighted by molar-refractivity contribution is -0.270. The van der Waals surface area contributed by atoms with E-state index in [9.17, 15) is 10.2 Å². The van der Waals surface area contributed by atoms with Gasteiger partial charge in [0.25, 0.3) is 0 Å². The molecule has 0 heterocycles. The number of hydrogen-bond donors (Lipinski definition) is 2. The van der Waals surface area contributed by atoms with Gasteiger partial charge in [-0.15, -0.1) is 0 Å². The molecule has 0 saturated heterocycles. The molecule has 5 saturated carbocycles. The minimum Gasteiger partial charge on any atom is -0.393 e. The van der Waals surface area contributed by atoms with E-state index in [1.807, 2.05) is 0 Å². The fourth-order valence-corrected chi connectivity index (χ4v) is 11.4. The molecule has 0 amide bonds. The Morgan fingerprint density at radius 2 is 1.44 bits per heavy atom. The van der Waals surface area contributed by atoms with Crippen LogP contribution < -0.4 is 0 Å². The van der Waals surface area contributed by atoms with Gasteiger partial charge in [0.2, 0.25) is 0 Å². The van der Waals surface area contributed by atoms with E-state index >= 15 is 0 Å². The van der Waals surface area contributed by atoms with E-state index in [4.69, 9.17) is 0 Å². The SMILES string of the molecule is C=C(C)[C@@H]1CC[C@@]2(C)CC[C@@]3(C)[C@H]([C@@H]12)[C@H](O)C[C@H]1[C@]2(C)CC[C@H](O)C(C)(C)[C@H]2CC[C@@]13C. The second kappa shape index (κ2) is 6.87. The molecule has 0 bridgehead atoms. The van der Waals surface area contributed by atoms with Crippen molar-refractivity contribution in [3.05, 3.63) is 12.2 Å². The second-order valence-corrected chi connectivity index (χ2v) is 14.9. The van der Waals surface area contributed by atoms with Crippen LogP contribution in [0.3, 0.4) is 0 Å². The van der Waals surface area contributed by atoms with Crippen molar-refractivity contribution in [3.63, 3.8) is 0 Å². The molecule has 32 heavy (non-hydrogen) atoms. The van der Waals surface area contributed by atoms with Gasteiger partial charge in [0.1, 0.15) is 0 Å². The van der Waals surface area contributed by atoms with Gasteiger partial charge in [-0.05, 0) is 121 Å². The molecule has 5 aliphatic carbocycles. The normalized spacial score (nSPS) is 58.8. The highest BCUT2D eigenvalue weighted by Gasteiger charge is 2.72. The van der Waals surface area contributed by atoms with Crippen molar-refractivity contribution < 1.29 is 10.2 Å². The maximum Gasteiger partial charge on any atom is 0.0594 e. The van der Waals surface area contributed by atoms with Gasteiger partial charge in [-0.1, -0.05) is 53.7 Å². The first-order chi connectivity index (χ1) is 14.7. The predicted octanol–water partition coefficient (Wildman–Crippen LogP) is 7.00. The molecular formula is C30H50O2. The summed E-state index contributed by atoms with van der Waals surface area (Å²) in [4.78, 5) is 0. The fourth-order valence-electron chi connectivity index (χ4n) is 11.4. The molecule has 0 aliphatic heterocycles. The summed E-state index contributed by atoms with van der Waals surface area (Å²) >= 11 is 0. The molecule has 0 aromatic rings. The molecule has 11 atom stereocenters. The molecule has 0 aromatic heterocycles. The molecule has 0 aromatic carbocycles. The Kier molecular flexibility index (Phi) is 5.02. The van der Waals surface area contributed by atoms with Crippen LogP contribution in [0, 0.1) is 56.7 Å². The van der Waals surface area contributed by atoms with Crippen molar-refractivity contribution in [2.75, 3.05) is 0 Å². The summed E-state index contributed by atoms with van der Waals surface area (Å²) in [5.41, 5.74) is 2.36. The molecule has 182 valence electrons. The lowest BCUT2D eigenvalue weighted by Crippen LogP contribution is -2.69. The molecule has 5 rings (SSSR count). The summed E-state index contributed by atoms with van der Waals surface area (Å²) in [7, 11) is 0. The van der Waals surface area contributed by atoms with Crippen LogP contribution in [0.1, 0.15) is 106 Å². The third-order valence-corrected chi connectivity index (χ3v) is 13.5. The second-order valence-electron chi connectivity index (χ2n) is 14.9. The summed E-state index contributed by atoms with van der Waals surface area (Å²) < 4.78 is 0. The number of aliphatic hydroxyl groups excluding tert-OH is 2. The average Bonchev–Trinajstić information content (AvgIpc) is 3.05. The molecule has 2 heteroatoms. The van der Waals surface area contributed by atoms with Gasteiger partial charge in [-0.25, -0.2) is 0 Å². The summed E-state index contributed by atoms with van der Waals surface area (Å²) in [6.07, 6.45) is 10.3. The highest BCUT2D eigenvalue weighted by Crippen LogP contribution is 2.77. The van der Waals surface area contributed by atoms with E-state index in [1.54, 1.807) is 0 Å². The Balaban J connectivity index is 1.58. The predicted molar refractivity (Wildman–Crippen MR) is 132 cm³/mol. The number of aliphatic hydroxyl groups is 2. The molecule has 0 spiro atoms. The Labute approximate surface area is 197 Å². The zero-order valence-corrected chi connectivity index (χ0v) is 22.0. The van der Waals surface area contributed by atoms with E-state index in [2.05, 4.69) is 55.0 Å². The van der Waals surface area contributed by atoms with Crippen LogP contribution in [0.4, 0.5) is 0 Å². The van der Waals surface area contributed by atoms with Crippen LogP contribution in [0.15, 0.2) is 12.2 Å². The van der Waals surface area contributed by atoms with E-state index in [0.717, 1.165) is 19.3 Å². The third kappa shape index (κ3) is 2.66. The standard InChI is InChI=1S/C30H50O2/c1-18(2)19-9-12-27(5)15-16-30(8)25(24(19)27)20(31)17-22-28(6)13-11-23(32)26(3,4)21(28)10-14-29(22,30)7/h19-25,31-32H,1,9-17H2,2-8H3/t19-,20+,21+,22-,23-,24+,25-,27-,28+,29-,30-/m0/s1. The van der Waals surface area contributed by atoms with Crippen molar-refractivity contribution >= 4 is 0 Å². The van der Waals surface area contributed by atoms with Gasteiger partial charge in [0.15, 0.2) is 0 Å². The van der Waals surface area contributed by atoms with Crippen LogP contribution in [0.2, 0.25) is 0 Å². The fraction of sp³-hybridized carbons (Fsp3) is 0.933. The lowest BCUT2D eigenvalue weighted by Gasteiger charge is -2.73. The summed E-state index contributed by atoms with van der Waals surface area (Å²) in [6.45, 7) is 21.6. The smallest absolute Gasteiger partial charge is 0.0594 e. The van der Waals surface area contributed by atoms with E-state index in [-0.39, 0.29) is 33.9 Å². The van der Waals surface area contributed by atoms with Gasteiger partial charge in [0.05, 0.1) is 12.2 Å². The third-order valence-electron chi connectivity index (χ3n) is 13.5. The summed E-state index contributed by atoms with van der Waals surface area (Å²) in [5, 5.41) is 22.9. The molecular weight excluding hydrogens is 392 g/mol. The number of hydrogen-bond acceptors (Lipinski definition) is 2. The molecule has 5 aliphatic rings. The van der Waals surface area contributed by atoms with E-state index < -0.39 is 0 Å². The largest absolute Gasteiger partial charge is 0.393 e. The Morgan fingerprint density at radius 1 is 0.750 bits per heavy atom. The number of allylic oxidation sites excluding steroid dienone is 1. The van der Waals surface area contributed by atoms with E-state index in [0.29, 0.717) is 35.0 Å². The van der Waals surface area contributed by atoms with Crippen molar-refractivity contribution in [1.29, 1.82) is 0 Å². The first kappa shape index (κ1) is 23.4. The molecule has 2 nitrogen and oxygen atoms in total. The van der Waals surface area contributed by atoms with Crippen LogP contribution in [-0.4, -0.2) is 22.4 Å². The zero-order valence-electron chi connectivity index (χ0n) is 22.0. The molecule has 2 N–H and O–H groups in total. The molecule has 0 radical (unpaired) electrons. The quantitative estimate of drug-likeness (QED) is 0.429. The first-order valence-electron chi connectivity index (χ1n) is 13.7. The highest BCUT2D eigenvalue weighted by atomic mass is 16.3. The Bertz CT molecular complexity index is 801. The van der Waals surface area contributed by atoms with Crippen molar-refractivity contribution in [2.45, 2.75) is 118 Å². The van der Waals surface area contributed by atoms with E-state index in [1.165, 1.54) is 44.1 Å². The number of rotatable bonds is 1.